The summed E-state index contributed by atoms with van der Waals surface area (Å²) in [6, 6.07) is 0. The smallest absolute Gasteiger partial charge is 0.317 e. The average molecular weight is 447 g/mol. The van der Waals surface area contributed by atoms with Crippen molar-refractivity contribution in [1.82, 2.24) is 0 Å². The Balaban J connectivity index is 1.49. The van der Waals surface area contributed by atoms with Crippen LogP contribution in [0.15, 0.2) is 0 Å². The van der Waals surface area contributed by atoms with Gasteiger partial charge in [0.1, 0.15) is 0 Å². The van der Waals surface area contributed by atoms with E-state index >= 15 is 0 Å². The van der Waals surface area contributed by atoms with E-state index in [1.54, 1.807) is 0 Å². The molecule has 0 aromatic rings. The Morgan fingerprint density at radius 2 is 1.28 bits per heavy atom. The molecule has 5 rings (SSSR count). The molecule has 7 heteroatoms. The molecule has 0 N–H and O–H groups in total. The van der Waals surface area contributed by atoms with Gasteiger partial charge in [-0.2, -0.15) is 0 Å². The molecule has 5 aliphatic rings. The fourth-order valence-corrected chi connectivity index (χ4v) is 9.30. The minimum absolute atomic E-state index is 0.0174. The van der Waals surface area contributed by atoms with Gasteiger partial charge in [0.15, 0.2) is 0 Å². The summed E-state index contributed by atoms with van der Waals surface area (Å²) in [6.45, 7) is 6.57. The normalized spacial score (nSPS) is 51.2. The van der Waals surface area contributed by atoms with Crippen LogP contribution in [0.3, 0.4) is 0 Å². The maximum absolute atomic E-state index is 13.1. The van der Waals surface area contributed by atoms with E-state index in [-0.39, 0.29) is 35.6 Å². The summed E-state index contributed by atoms with van der Waals surface area (Å²) in [5.74, 6) is -2.00. The molecule has 7 nitrogen and oxygen atoms in total. The minimum Gasteiger partial charge on any atom is -0.469 e. The largest absolute Gasteiger partial charge is 0.469 e. The van der Waals surface area contributed by atoms with E-state index in [0.29, 0.717) is 30.1 Å². The van der Waals surface area contributed by atoms with Gasteiger partial charge in [0.25, 0.3) is 0 Å². The summed E-state index contributed by atoms with van der Waals surface area (Å²) in [7, 11) is 2.67. The van der Waals surface area contributed by atoms with Crippen LogP contribution < -0.4 is 0 Å². The van der Waals surface area contributed by atoms with Crippen molar-refractivity contribution in [2.45, 2.75) is 40.0 Å². The number of carbonyl (C=O) groups is 4. The van der Waals surface area contributed by atoms with Gasteiger partial charge in [-0.15, -0.1) is 0 Å². The minimum atomic E-state index is -0.639. The fraction of sp³-hybridized carbons (Fsp3) is 0.840. The molecule has 0 radical (unpaired) electrons. The number of fused-ring (bicyclic) bond motifs is 4. The fourth-order valence-electron chi connectivity index (χ4n) is 9.30. The zero-order valence-corrected chi connectivity index (χ0v) is 19.5. The SMILES string of the molecule is COC(=O)C1C2CC(C1C(=O)OC)C(C1C(=O)OC(=O)C1C1C3CC(C)C(C3)C1C)C2C. The maximum atomic E-state index is 13.1. The van der Waals surface area contributed by atoms with Gasteiger partial charge in [0.2, 0.25) is 0 Å². The third-order valence-corrected chi connectivity index (χ3v) is 10.3. The van der Waals surface area contributed by atoms with E-state index in [2.05, 4.69) is 20.8 Å². The van der Waals surface area contributed by atoms with Gasteiger partial charge in [0.05, 0.1) is 37.9 Å². The van der Waals surface area contributed by atoms with E-state index in [4.69, 9.17) is 14.2 Å². The number of rotatable bonds is 4. The van der Waals surface area contributed by atoms with E-state index in [1.165, 1.54) is 14.2 Å². The lowest BCUT2D eigenvalue weighted by Gasteiger charge is -2.42. The average Bonchev–Trinajstić information content (AvgIpc) is 3.53. The zero-order valence-electron chi connectivity index (χ0n) is 19.5. The number of hydrogen-bond acceptors (Lipinski definition) is 7. The second-order valence-corrected chi connectivity index (χ2v) is 11.2. The van der Waals surface area contributed by atoms with Crippen molar-refractivity contribution in [2.75, 3.05) is 14.2 Å². The highest BCUT2D eigenvalue weighted by Gasteiger charge is 2.68. The molecule has 0 aromatic carbocycles. The van der Waals surface area contributed by atoms with Crippen molar-refractivity contribution in [3.63, 3.8) is 0 Å². The molecule has 1 aliphatic heterocycles. The number of ether oxygens (including phenoxy) is 3. The standard InChI is InChI=1S/C25H34O7/c1-9-6-12-7-13(9)10(2)16(12)20-21(25(29)32-24(20)28)17-11(3)14-8-15(17)19(23(27)31-5)18(14)22(26)30-4/h9-21H,6-8H2,1-5H3. The summed E-state index contributed by atoms with van der Waals surface area (Å²) in [5.41, 5.74) is 0. The molecule has 176 valence electrons. The molecule has 4 bridgehead atoms. The Morgan fingerprint density at radius 1 is 0.750 bits per heavy atom. The molecule has 1 saturated heterocycles. The highest BCUT2D eigenvalue weighted by molar-refractivity contribution is 5.97. The molecule has 0 spiro atoms. The topological polar surface area (TPSA) is 96.0 Å². The quantitative estimate of drug-likeness (QED) is 0.372. The van der Waals surface area contributed by atoms with E-state index in [9.17, 15) is 19.2 Å². The van der Waals surface area contributed by atoms with Crippen LogP contribution in [0, 0.1) is 76.9 Å². The van der Waals surface area contributed by atoms with Crippen molar-refractivity contribution in [1.29, 1.82) is 0 Å². The highest BCUT2D eigenvalue weighted by Crippen LogP contribution is 2.65. The van der Waals surface area contributed by atoms with Crippen LogP contribution in [-0.4, -0.2) is 38.1 Å². The van der Waals surface area contributed by atoms with Crippen LogP contribution in [0.4, 0.5) is 0 Å². The molecule has 0 amide bonds. The lowest BCUT2D eigenvalue weighted by molar-refractivity contribution is -0.164. The van der Waals surface area contributed by atoms with Crippen molar-refractivity contribution in [3.8, 4) is 0 Å². The molecule has 5 fully saturated rings. The van der Waals surface area contributed by atoms with Gasteiger partial charge in [-0.25, -0.2) is 0 Å². The number of methoxy groups -OCH3 is 2. The molecule has 4 aliphatic carbocycles. The second kappa shape index (κ2) is 7.56. The first-order chi connectivity index (χ1) is 15.2. The van der Waals surface area contributed by atoms with Crippen LogP contribution in [0.5, 0.6) is 0 Å². The van der Waals surface area contributed by atoms with Crippen LogP contribution in [-0.2, 0) is 33.4 Å². The van der Waals surface area contributed by atoms with Gasteiger partial charge < -0.3 is 14.2 Å². The summed E-state index contributed by atoms with van der Waals surface area (Å²) in [5, 5.41) is 0. The van der Waals surface area contributed by atoms with Gasteiger partial charge in [0, 0.05) is 0 Å². The van der Waals surface area contributed by atoms with Gasteiger partial charge in [-0.3, -0.25) is 19.2 Å². The van der Waals surface area contributed by atoms with Gasteiger partial charge in [-0.05, 0) is 72.5 Å². The summed E-state index contributed by atoms with van der Waals surface area (Å²) < 4.78 is 15.4. The Hall–Kier alpha value is -1.92. The number of carbonyl (C=O) groups excluding carboxylic acids is 4. The van der Waals surface area contributed by atoms with Crippen molar-refractivity contribution < 1.29 is 33.4 Å². The van der Waals surface area contributed by atoms with Crippen LogP contribution >= 0.6 is 0 Å². The highest BCUT2D eigenvalue weighted by atomic mass is 16.6. The first-order valence-electron chi connectivity index (χ1n) is 12.1. The Kier molecular flexibility index (Phi) is 5.17. The Morgan fingerprint density at radius 3 is 1.81 bits per heavy atom. The molecule has 0 aromatic heterocycles. The predicted molar refractivity (Wildman–Crippen MR) is 111 cm³/mol. The molecule has 1 heterocycles. The Bertz CT molecular complexity index is 849. The second-order valence-electron chi connectivity index (χ2n) is 11.2. The molecular weight excluding hydrogens is 412 g/mol. The maximum Gasteiger partial charge on any atom is 0.317 e. The zero-order chi connectivity index (χ0) is 23.1. The van der Waals surface area contributed by atoms with Crippen molar-refractivity contribution >= 4 is 23.9 Å². The van der Waals surface area contributed by atoms with E-state index in [0.717, 1.165) is 12.8 Å². The Labute approximate surface area is 188 Å². The van der Waals surface area contributed by atoms with Crippen molar-refractivity contribution in [2.24, 2.45) is 76.9 Å². The number of cyclic esters (lactones) is 2. The lowest BCUT2D eigenvalue weighted by Crippen LogP contribution is -2.48. The summed E-state index contributed by atoms with van der Waals surface area (Å²) >= 11 is 0. The number of esters is 4. The third kappa shape index (κ3) is 2.78. The molecular formula is C25H34O7. The molecule has 32 heavy (non-hydrogen) atoms. The van der Waals surface area contributed by atoms with Gasteiger partial charge in [-0.1, -0.05) is 20.8 Å². The molecule has 4 saturated carbocycles. The molecule has 13 atom stereocenters. The van der Waals surface area contributed by atoms with Crippen molar-refractivity contribution in [3.05, 3.63) is 0 Å². The van der Waals surface area contributed by atoms with Gasteiger partial charge >= 0.3 is 23.9 Å². The number of hydrogen-bond donors (Lipinski definition) is 0. The molecule has 13 unspecified atom stereocenters. The van der Waals surface area contributed by atoms with Crippen LogP contribution in [0.25, 0.3) is 0 Å². The van der Waals surface area contributed by atoms with E-state index < -0.39 is 41.6 Å². The predicted octanol–water partition coefficient (Wildman–Crippen LogP) is 2.71. The summed E-state index contributed by atoms with van der Waals surface area (Å²) in [4.78, 5) is 51.5. The first kappa shape index (κ1) is 21.9. The first-order valence-corrected chi connectivity index (χ1v) is 12.1. The third-order valence-electron chi connectivity index (χ3n) is 10.3. The van der Waals surface area contributed by atoms with Crippen LogP contribution in [0.1, 0.15) is 40.0 Å². The summed E-state index contributed by atoms with van der Waals surface area (Å²) in [6.07, 6.45) is 2.89. The van der Waals surface area contributed by atoms with E-state index in [1.807, 2.05) is 0 Å². The lowest BCUT2D eigenvalue weighted by atomic mass is 9.59. The van der Waals surface area contributed by atoms with Crippen LogP contribution in [0.2, 0.25) is 0 Å². The monoisotopic (exact) mass is 446 g/mol.